The Morgan fingerprint density at radius 1 is 1.38 bits per heavy atom. The van der Waals surface area contributed by atoms with Gasteiger partial charge < -0.3 is 9.84 Å². The quantitative estimate of drug-likeness (QED) is 0.444. The summed E-state index contributed by atoms with van der Waals surface area (Å²) in [5, 5.41) is 23.7. The van der Waals surface area contributed by atoms with Gasteiger partial charge in [-0.3, -0.25) is 14.9 Å². The molecule has 0 spiro atoms. The number of phenolic OH excluding ortho intramolecular Hbond substituents is 1. The van der Waals surface area contributed by atoms with Gasteiger partial charge in [-0.15, -0.1) is 0 Å². The SMILES string of the molecule is O=C(COc1cccc(Br)c1)N/N=C\c1ccc(O)c([N+](=O)[O-])c1. The lowest BCUT2D eigenvalue weighted by molar-refractivity contribution is -0.385. The van der Waals surface area contributed by atoms with Gasteiger partial charge in [0, 0.05) is 16.1 Å². The molecule has 0 fully saturated rings. The molecule has 2 N–H and O–H groups in total. The number of hydrogen-bond donors (Lipinski definition) is 2. The number of carbonyl (C=O) groups is 1. The summed E-state index contributed by atoms with van der Waals surface area (Å²) in [6, 6.07) is 10.8. The molecule has 0 aliphatic carbocycles. The molecular formula is C15H12BrN3O5. The number of halogens is 1. The molecule has 0 bridgehead atoms. The number of nitrogens with one attached hydrogen (secondary N) is 1. The number of amides is 1. The predicted octanol–water partition coefficient (Wildman–Crippen LogP) is 2.59. The van der Waals surface area contributed by atoms with Crippen LogP contribution in [-0.4, -0.2) is 28.8 Å². The molecule has 0 atom stereocenters. The zero-order valence-corrected chi connectivity index (χ0v) is 13.8. The molecule has 0 aromatic heterocycles. The molecule has 2 aromatic rings. The molecule has 0 aliphatic rings. The largest absolute Gasteiger partial charge is 0.502 e. The van der Waals surface area contributed by atoms with Crippen molar-refractivity contribution in [2.24, 2.45) is 5.10 Å². The molecule has 2 aromatic carbocycles. The maximum atomic E-state index is 11.6. The number of nitro benzene ring substituents is 1. The molecule has 9 heteroatoms. The molecule has 8 nitrogen and oxygen atoms in total. The van der Waals surface area contributed by atoms with E-state index in [1.54, 1.807) is 18.2 Å². The van der Waals surface area contributed by atoms with E-state index in [-0.39, 0.29) is 6.61 Å². The van der Waals surface area contributed by atoms with E-state index in [0.29, 0.717) is 11.3 Å². The summed E-state index contributed by atoms with van der Waals surface area (Å²) in [5.74, 6) is -0.402. The number of hydrogen-bond acceptors (Lipinski definition) is 6. The molecule has 24 heavy (non-hydrogen) atoms. The first kappa shape index (κ1) is 17.4. The van der Waals surface area contributed by atoms with Crippen molar-refractivity contribution in [1.29, 1.82) is 0 Å². The van der Waals surface area contributed by atoms with Gasteiger partial charge in [0.2, 0.25) is 0 Å². The first-order chi connectivity index (χ1) is 11.5. The van der Waals surface area contributed by atoms with Crippen LogP contribution in [-0.2, 0) is 4.79 Å². The van der Waals surface area contributed by atoms with E-state index in [9.17, 15) is 20.0 Å². The van der Waals surface area contributed by atoms with Gasteiger partial charge in [-0.05, 0) is 30.3 Å². The second kappa shape index (κ2) is 8.06. The van der Waals surface area contributed by atoms with Crippen LogP contribution in [0.5, 0.6) is 11.5 Å². The van der Waals surface area contributed by atoms with Crippen LogP contribution in [0.3, 0.4) is 0 Å². The van der Waals surface area contributed by atoms with Crippen LogP contribution in [0, 0.1) is 10.1 Å². The van der Waals surface area contributed by atoms with Crippen molar-refractivity contribution < 1.29 is 19.6 Å². The van der Waals surface area contributed by atoms with Crippen LogP contribution in [0.25, 0.3) is 0 Å². The van der Waals surface area contributed by atoms with Crippen molar-refractivity contribution >= 4 is 33.7 Å². The summed E-state index contributed by atoms with van der Waals surface area (Å²) < 4.78 is 6.11. The van der Waals surface area contributed by atoms with E-state index in [1.165, 1.54) is 18.3 Å². The Labute approximate surface area is 145 Å². The maximum absolute atomic E-state index is 11.6. The molecule has 1 amide bonds. The van der Waals surface area contributed by atoms with Crippen molar-refractivity contribution in [1.82, 2.24) is 5.43 Å². The van der Waals surface area contributed by atoms with E-state index in [0.717, 1.165) is 10.5 Å². The number of nitrogens with zero attached hydrogens (tertiary/aromatic N) is 2. The third-order valence-corrected chi connectivity index (χ3v) is 3.26. The highest BCUT2D eigenvalue weighted by Gasteiger charge is 2.12. The van der Waals surface area contributed by atoms with Crippen LogP contribution in [0.1, 0.15) is 5.56 Å². The minimum Gasteiger partial charge on any atom is -0.502 e. The molecule has 0 unspecified atom stereocenters. The zero-order chi connectivity index (χ0) is 17.5. The van der Waals surface area contributed by atoms with Crippen molar-refractivity contribution in [2.75, 3.05) is 6.61 Å². The fraction of sp³-hybridized carbons (Fsp3) is 0.0667. The number of phenols is 1. The maximum Gasteiger partial charge on any atom is 0.311 e. The first-order valence-corrected chi connectivity index (χ1v) is 7.42. The lowest BCUT2D eigenvalue weighted by atomic mass is 10.2. The standard InChI is InChI=1S/C15H12BrN3O5/c16-11-2-1-3-12(7-11)24-9-15(21)18-17-8-10-4-5-14(20)13(6-10)19(22)23/h1-8,20H,9H2,(H,18,21)/b17-8-. The van der Waals surface area contributed by atoms with Gasteiger partial charge in [0.25, 0.3) is 5.91 Å². The molecule has 0 aliphatic heterocycles. The zero-order valence-electron chi connectivity index (χ0n) is 12.2. The topological polar surface area (TPSA) is 114 Å². The Balaban J connectivity index is 1.88. The van der Waals surface area contributed by atoms with E-state index in [4.69, 9.17) is 4.74 Å². The van der Waals surface area contributed by atoms with E-state index in [2.05, 4.69) is 26.5 Å². The smallest absolute Gasteiger partial charge is 0.311 e. The molecule has 0 heterocycles. The second-order valence-corrected chi connectivity index (χ2v) is 5.46. The molecular weight excluding hydrogens is 382 g/mol. The highest BCUT2D eigenvalue weighted by Crippen LogP contribution is 2.25. The lowest BCUT2D eigenvalue weighted by Gasteiger charge is -2.05. The average Bonchev–Trinajstić information content (AvgIpc) is 2.54. The van der Waals surface area contributed by atoms with Crippen molar-refractivity contribution in [3.63, 3.8) is 0 Å². The van der Waals surface area contributed by atoms with Crippen molar-refractivity contribution in [2.45, 2.75) is 0 Å². The van der Waals surface area contributed by atoms with Gasteiger partial charge in [-0.2, -0.15) is 5.10 Å². The van der Waals surface area contributed by atoms with Crippen LogP contribution in [0.2, 0.25) is 0 Å². The van der Waals surface area contributed by atoms with Gasteiger partial charge >= 0.3 is 5.69 Å². The van der Waals surface area contributed by atoms with Gasteiger partial charge in [0.1, 0.15) is 5.75 Å². The minimum atomic E-state index is -0.711. The monoisotopic (exact) mass is 393 g/mol. The molecule has 0 saturated carbocycles. The predicted molar refractivity (Wildman–Crippen MR) is 90.1 cm³/mol. The number of benzene rings is 2. The fourth-order valence-electron chi connectivity index (χ4n) is 1.68. The van der Waals surface area contributed by atoms with Crippen LogP contribution < -0.4 is 10.2 Å². The number of ether oxygens (including phenoxy) is 1. The second-order valence-electron chi connectivity index (χ2n) is 4.54. The van der Waals surface area contributed by atoms with Gasteiger partial charge in [0.15, 0.2) is 12.4 Å². The summed E-state index contributed by atoms with van der Waals surface area (Å²) in [4.78, 5) is 21.6. The van der Waals surface area contributed by atoms with Crippen LogP contribution >= 0.6 is 15.9 Å². The summed E-state index contributed by atoms with van der Waals surface area (Å²) in [6.45, 7) is -0.233. The summed E-state index contributed by atoms with van der Waals surface area (Å²) in [7, 11) is 0. The van der Waals surface area contributed by atoms with E-state index in [1.807, 2.05) is 6.07 Å². The van der Waals surface area contributed by atoms with E-state index >= 15 is 0 Å². The minimum absolute atomic E-state index is 0.233. The van der Waals surface area contributed by atoms with Crippen LogP contribution in [0.15, 0.2) is 52.0 Å². The summed E-state index contributed by atoms with van der Waals surface area (Å²) in [5.41, 5.74) is 2.15. The fourth-order valence-corrected chi connectivity index (χ4v) is 2.06. The summed E-state index contributed by atoms with van der Waals surface area (Å²) in [6.07, 6.45) is 1.23. The number of rotatable bonds is 6. The molecule has 2 rings (SSSR count). The molecule has 0 radical (unpaired) electrons. The highest BCUT2D eigenvalue weighted by molar-refractivity contribution is 9.10. The molecule has 0 saturated heterocycles. The van der Waals surface area contributed by atoms with E-state index < -0.39 is 22.3 Å². The Morgan fingerprint density at radius 3 is 2.88 bits per heavy atom. The van der Waals surface area contributed by atoms with Crippen LogP contribution in [0.4, 0.5) is 5.69 Å². The normalized spacial score (nSPS) is 10.5. The van der Waals surface area contributed by atoms with Gasteiger partial charge in [0.05, 0.1) is 11.1 Å². The average molecular weight is 394 g/mol. The number of hydrazone groups is 1. The number of aromatic hydroxyl groups is 1. The lowest BCUT2D eigenvalue weighted by Crippen LogP contribution is -2.24. The Kier molecular flexibility index (Phi) is 5.85. The number of nitro groups is 1. The van der Waals surface area contributed by atoms with Gasteiger partial charge in [-0.25, -0.2) is 5.43 Å². The first-order valence-electron chi connectivity index (χ1n) is 6.63. The number of carbonyl (C=O) groups excluding carboxylic acids is 1. The third-order valence-electron chi connectivity index (χ3n) is 2.77. The summed E-state index contributed by atoms with van der Waals surface area (Å²) >= 11 is 3.29. The highest BCUT2D eigenvalue weighted by atomic mass is 79.9. The third kappa shape index (κ3) is 5.06. The van der Waals surface area contributed by atoms with Crippen molar-refractivity contribution in [3.05, 3.63) is 62.6 Å². The Bertz CT molecular complexity index is 794. The molecule has 124 valence electrons. The Hall–Kier alpha value is -2.94. The Morgan fingerprint density at radius 2 is 2.17 bits per heavy atom. The van der Waals surface area contributed by atoms with Gasteiger partial charge in [-0.1, -0.05) is 22.0 Å². The van der Waals surface area contributed by atoms with Crippen molar-refractivity contribution in [3.8, 4) is 11.5 Å².